The van der Waals surface area contributed by atoms with Crippen LogP contribution >= 0.6 is 0 Å². The van der Waals surface area contributed by atoms with Gasteiger partial charge in [-0.2, -0.15) is 0 Å². The monoisotopic (exact) mass is 471 g/mol. The standard InChI is InChI=1S/C28H30FN5O/c1-4-19-14-24(27(29)25(15-19)35-18(2)3)34(22-12-10-21(11-13-22)28(30)31)17-26-32-16-23(33-26)20-8-6-5-7-9-20/h5-16,18H,4,17H2,1-3H3,(H3,30,31)(H,32,33). The summed E-state index contributed by atoms with van der Waals surface area (Å²) in [5.41, 5.74) is 10.3. The van der Waals surface area contributed by atoms with Crippen LogP contribution in [-0.4, -0.2) is 21.9 Å². The largest absolute Gasteiger partial charge is 0.488 e. The molecule has 0 radical (unpaired) electrons. The molecule has 4 aromatic rings. The maximum absolute atomic E-state index is 15.8. The van der Waals surface area contributed by atoms with E-state index < -0.39 is 5.82 Å². The zero-order chi connectivity index (χ0) is 24.9. The van der Waals surface area contributed by atoms with Gasteiger partial charge in [-0.25, -0.2) is 9.37 Å². The molecule has 0 amide bonds. The number of nitrogen functional groups attached to an aromatic ring is 1. The van der Waals surface area contributed by atoms with Crippen molar-refractivity contribution in [1.29, 1.82) is 5.41 Å². The minimum Gasteiger partial charge on any atom is -0.488 e. The van der Waals surface area contributed by atoms with E-state index in [0.717, 1.165) is 28.9 Å². The average molecular weight is 472 g/mol. The van der Waals surface area contributed by atoms with Gasteiger partial charge in [-0.15, -0.1) is 0 Å². The second-order valence-corrected chi connectivity index (χ2v) is 8.60. The van der Waals surface area contributed by atoms with Crippen molar-refractivity contribution in [2.45, 2.75) is 39.8 Å². The maximum Gasteiger partial charge on any atom is 0.188 e. The summed E-state index contributed by atoms with van der Waals surface area (Å²) in [6, 6.07) is 20.7. The van der Waals surface area contributed by atoms with E-state index >= 15 is 4.39 Å². The Balaban J connectivity index is 1.78. The van der Waals surface area contributed by atoms with Crippen LogP contribution < -0.4 is 15.4 Å². The topological polar surface area (TPSA) is 91.0 Å². The molecule has 35 heavy (non-hydrogen) atoms. The van der Waals surface area contributed by atoms with Gasteiger partial charge in [0.1, 0.15) is 11.7 Å². The highest BCUT2D eigenvalue weighted by molar-refractivity contribution is 5.95. The SMILES string of the molecule is CCc1cc(OC(C)C)c(F)c(N(Cc2ncc(-c3ccccc3)[nH]2)c2ccc(C(=N)N)cc2)c1. The van der Waals surface area contributed by atoms with Crippen molar-refractivity contribution in [3.63, 3.8) is 0 Å². The third kappa shape index (κ3) is 5.51. The normalized spacial score (nSPS) is 11.0. The van der Waals surface area contributed by atoms with E-state index in [2.05, 4.69) is 9.97 Å². The highest BCUT2D eigenvalue weighted by atomic mass is 19.1. The second kappa shape index (κ2) is 10.4. The van der Waals surface area contributed by atoms with E-state index in [9.17, 15) is 0 Å². The smallest absolute Gasteiger partial charge is 0.188 e. The van der Waals surface area contributed by atoms with Crippen LogP contribution in [0.1, 0.15) is 37.7 Å². The number of nitrogens with zero attached hydrogens (tertiary/aromatic N) is 2. The quantitative estimate of drug-likeness (QED) is 0.201. The lowest BCUT2D eigenvalue weighted by Crippen LogP contribution is -2.20. The van der Waals surface area contributed by atoms with Crippen LogP contribution in [0.3, 0.4) is 0 Å². The Morgan fingerprint density at radius 1 is 1.11 bits per heavy atom. The molecule has 4 N–H and O–H groups in total. The summed E-state index contributed by atoms with van der Waals surface area (Å²) in [5, 5.41) is 7.69. The lowest BCUT2D eigenvalue weighted by atomic mass is 10.1. The molecular weight excluding hydrogens is 441 g/mol. The molecule has 4 rings (SSSR count). The zero-order valence-corrected chi connectivity index (χ0v) is 20.2. The van der Waals surface area contributed by atoms with Gasteiger partial charge in [0.05, 0.1) is 30.2 Å². The van der Waals surface area contributed by atoms with Crippen LogP contribution in [0.4, 0.5) is 15.8 Å². The number of hydrogen-bond donors (Lipinski definition) is 3. The molecule has 180 valence electrons. The fourth-order valence-corrected chi connectivity index (χ4v) is 3.87. The molecule has 0 aliphatic heterocycles. The summed E-state index contributed by atoms with van der Waals surface area (Å²) >= 11 is 0. The number of nitrogens with two attached hydrogens (primary N) is 1. The predicted octanol–water partition coefficient (Wildman–Crippen LogP) is 6.19. The highest BCUT2D eigenvalue weighted by Gasteiger charge is 2.21. The summed E-state index contributed by atoms with van der Waals surface area (Å²) < 4.78 is 21.6. The molecule has 1 aromatic heterocycles. The lowest BCUT2D eigenvalue weighted by Gasteiger charge is -2.27. The van der Waals surface area contributed by atoms with E-state index in [1.54, 1.807) is 24.4 Å². The molecule has 0 unspecified atom stereocenters. The van der Waals surface area contributed by atoms with E-state index in [0.29, 0.717) is 23.6 Å². The molecule has 0 atom stereocenters. The van der Waals surface area contributed by atoms with Crippen LogP contribution in [-0.2, 0) is 13.0 Å². The molecular formula is C28H30FN5O. The Morgan fingerprint density at radius 2 is 1.83 bits per heavy atom. The van der Waals surface area contributed by atoms with Gasteiger partial charge in [-0.05, 0) is 67.8 Å². The third-order valence-corrected chi connectivity index (χ3v) is 5.65. The van der Waals surface area contributed by atoms with Crippen LogP contribution in [0, 0.1) is 11.2 Å². The molecule has 1 heterocycles. The molecule has 0 aliphatic carbocycles. The van der Waals surface area contributed by atoms with Gasteiger partial charge in [-0.1, -0.05) is 37.3 Å². The summed E-state index contributed by atoms with van der Waals surface area (Å²) in [5.74, 6) is 0.464. The van der Waals surface area contributed by atoms with E-state index in [-0.39, 0.29) is 17.7 Å². The number of nitrogens with one attached hydrogen (secondary N) is 2. The molecule has 3 aromatic carbocycles. The number of aromatic nitrogens is 2. The van der Waals surface area contributed by atoms with Crippen LogP contribution in [0.5, 0.6) is 5.75 Å². The highest BCUT2D eigenvalue weighted by Crippen LogP contribution is 2.36. The van der Waals surface area contributed by atoms with Crippen molar-refractivity contribution in [2.24, 2.45) is 5.73 Å². The molecule has 6 nitrogen and oxygen atoms in total. The summed E-state index contributed by atoms with van der Waals surface area (Å²) in [7, 11) is 0. The van der Waals surface area contributed by atoms with Gasteiger partial charge < -0.3 is 20.4 Å². The van der Waals surface area contributed by atoms with Crippen LogP contribution in [0.15, 0.2) is 72.9 Å². The number of amidine groups is 1. The minimum atomic E-state index is -0.429. The number of halogens is 1. The molecule has 0 aliphatic rings. The van der Waals surface area contributed by atoms with Gasteiger partial charge >= 0.3 is 0 Å². The summed E-state index contributed by atoms with van der Waals surface area (Å²) in [6.45, 7) is 6.09. The van der Waals surface area contributed by atoms with E-state index in [4.69, 9.17) is 15.9 Å². The number of hydrogen-bond acceptors (Lipinski definition) is 4. The van der Waals surface area contributed by atoms with E-state index in [1.165, 1.54) is 0 Å². The lowest BCUT2D eigenvalue weighted by molar-refractivity contribution is 0.231. The number of imidazole rings is 1. The van der Waals surface area contributed by atoms with Crippen LogP contribution in [0.2, 0.25) is 0 Å². The molecule has 0 saturated carbocycles. The summed E-state index contributed by atoms with van der Waals surface area (Å²) in [4.78, 5) is 9.79. The molecule has 0 saturated heterocycles. The van der Waals surface area contributed by atoms with Gasteiger partial charge in [0, 0.05) is 11.3 Å². The third-order valence-electron chi connectivity index (χ3n) is 5.65. The Bertz CT molecular complexity index is 1300. The van der Waals surface area contributed by atoms with Crippen molar-refractivity contribution in [3.8, 4) is 17.0 Å². The fraction of sp³-hybridized carbons (Fsp3) is 0.214. The first-order chi connectivity index (χ1) is 16.9. The maximum atomic E-state index is 15.8. The predicted molar refractivity (Wildman–Crippen MR) is 139 cm³/mol. The number of ether oxygens (including phenoxy) is 1. The minimum absolute atomic E-state index is 0.0200. The Labute approximate surface area is 205 Å². The van der Waals surface area contributed by atoms with Gasteiger partial charge in [0.2, 0.25) is 0 Å². The first-order valence-electron chi connectivity index (χ1n) is 11.7. The fourth-order valence-electron chi connectivity index (χ4n) is 3.87. The zero-order valence-electron chi connectivity index (χ0n) is 20.2. The summed E-state index contributed by atoms with van der Waals surface area (Å²) in [6.07, 6.45) is 2.36. The van der Waals surface area contributed by atoms with Crippen LogP contribution in [0.25, 0.3) is 11.3 Å². The number of benzene rings is 3. The molecule has 0 spiro atoms. The molecule has 0 fully saturated rings. The number of rotatable bonds is 9. The van der Waals surface area contributed by atoms with Crippen molar-refractivity contribution in [3.05, 3.63) is 95.7 Å². The van der Waals surface area contributed by atoms with Crippen molar-refractivity contribution in [2.75, 3.05) is 4.90 Å². The second-order valence-electron chi connectivity index (χ2n) is 8.60. The Hall–Kier alpha value is -4.13. The first-order valence-corrected chi connectivity index (χ1v) is 11.7. The number of H-pyrrole nitrogens is 1. The number of anilines is 2. The van der Waals surface area contributed by atoms with Crippen molar-refractivity contribution >= 4 is 17.2 Å². The molecule has 0 bridgehead atoms. The number of aryl methyl sites for hydroxylation is 1. The first kappa shape index (κ1) is 24.0. The van der Waals surface area contributed by atoms with Gasteiger partial charge in [-0.3, -0.25) is 5.41 Å². The molecule has 7 heteroatoms. The van der Waals surface area contributed by atoms with Crippen molar-refractivity contribution in [1.82, 2.24) is 9.97 Å². The number of aromatic amines is 1. The van der Waals surface area contributed by atoms with Gasteiger partial charge in [0.15, 0.2) is 11.6 Å². The van der Waals surface area contributed by atoms with Crippen molar-refractivity contribution < 1.29 is 9.13 Å². The Kier molecular flexibility index (Phi) is 7.15. The van der Waals surface area contributed by atoms with E-state index in [1.807, 2.05) is 74.2 Å². The van der Waals surface area contributed by atoms with Gasteiger partial charge in [0.25, 0.3) is 0 Å². The average Bonchev–Trinajstić information content (AvgIpc) is 3.33. The Morgan fingerprint density at radius 3 is 2.46 bits per heavy atom.